The van der Waals surface area contributed by atoms with Gasteiger partial charge in [-0.05, 0) is 27.7 Å². The first kappa shape index (κ1) is 21.6. The van der Waals surface area contributed by atoms with E-state index in [0.717, 1.165) is 0 Å². The van der Waals surface area contributed by atoms with E-state index in [2.05, 4.69) is 5.32 Å². The fourth-order valence-corrected chi connectivity index (χ4v) is 2.21. The van der Waals surface area contributed by atoms with Crippen molar-refractivity contribution in [3.05, 3.63) is 0 Å². The molecule has 0 saturated carbocycles. The molecule has 0 atom stereocenters. The molecule has 0 heterocycles. The molecule has 0 fully saturated rings. The Morgan fingerprint density at radius 3 is 2.43 bits per heavy atom. The molecule has 23 heavy (non-hydrogen) atoms. The first-order valence-electron chi connectivity index (χ1n) is 7.60. The molecule has 0 aliphatic heterocycles. The molecule has 0 saturated heterocycles. The number of nitrogens with one attached hydrogen (secondary N) is 1. The smallest absolute Gasteiger partial charge is 0.407 e. The fraction of sp³-hybridized carbons (Fsp3) is 0.800. The number of carbonyl (C=O) groups is 3. The van der Waals surface area contributed by atoms with Crippen LogP contribution in [0.25, 0.3) is 0 Å². The first-order chi connectivity index (χ1) is 10.7. The summed E-state index contributed by atoms with van der Waals surface area (Å²) in [5, 5.41) is 2.63. The number of esters is 1. The zero-order chi connectivity index (χ0) is 17.9. The molecule has 2 amide bonds. The quantitative estimate of drug-likeness (QED) is 0.504. The minimum atomic E-state index is -0.519. The Hall–Kier alpha value is -1.44. The van der Waals surface area contributed by atoms with Gasteiger partial charge in [0.2, 0.25) is 5.91 Å². The highest BCUT2D eigenvalue weighted by Crippen LogP contribution is 2.06. The molecule has 0 aliphatic rings. The average molecular weight is 348 g/mol. The molecule has 0 radical (unpaired) electrons. The van der Waals surface area contributed by atoms with E-state index < -0.39 is 11.7 Å². The van der Waals surface area contributed by atoms with Crippen molar-refractivity contribution in [3.63, 3.8) is 0 Å². The monoisotopic (exact) mass is 348 g/mol. The summed E-state index contributed by atoms with van der Waals surface area (Å²) >= 11 is 1.42. The fourth-order valence-electron chi connectivity index (χ4n) is 1.43. The molecular formula is C15H28N2O5S. The summed E-state index contributed by atoms with van der Waals surface area (Å²) in [4.78, 5) is 36.0. The van der Waals surface area contributed by atoms with Crippen molar-refractivity contribution >= 4 is 29.7 Å². The van der Waals surface area contributed by atoms with Gasteiger partial charge in [0.1, 0.15) is 5.60 Å². The summed E-state index contributed by atoms with van der Waals surface area (Å²) in [6, 6.07) is 0. The van der Waals surface area contributed by atoms with Crippen LogP contribution in [0.4, 0.5) is 4.79 Å². The topological polar surface area (TPSA) is 84.9 Å². The zero-order valence-electron chi connectivity index (χ0n) is 14.6. The zero-order valence-corrected chi connectivity index (χ0v) is 15.5. The van der Waals surface area contributed by atoms with E-state index in [4.69, 9.17) is 9.47 Å². The second-order valence-corrected chi connectivity index (χ2v) is 6.96. The summed E-state index contributed by atoms with van der Waals surface area (Å²) in [7, 11) is 1.65. The van der Waals surface area contributed by atoms with Crippen molar-refractivity contribution in [1.82, 2.24) is 10.2 Å². The van der Waals surface area contributed by atoms with E-state index in [1.54, 1.807) is 34.7 Å². The predicted octanol–water partition coefficient (Wildman–Crippen LogP) is 1.66. The molecule has 0 aliphatic carbocycles. The number of hydrogen-bond acceptors (Lipinski definition) is 6. The van der Waals surface area contributed by atoms with Crippen LogP contribution >= 0.6 is 11.8 Å². The third-order valence-corrected chi connectivity index (χ3v) is 3.47. The minimum Gasteiger partial charge on any atom is -0.466 e. The molecule has 0 rings (SSSR count). The minimum absolute atomic E-state index is 0.0587. The maximum absolute atomic E-state index is 11.8. The van der Waals surface area contributed by atoms with E-state index in [1.165, 1.54) is 16.7 Å². The van der Waals surface area contributed by atoms with Crippen molar-refractivity contribution in [1.29, 1.82) is 0 Å². The molecule has 0 aromatic carbocycles. The SMILES string of the molecule is CCOC(=O)CCN(C)C(=O)CSCCNC(=O)OC(C)(C)C. The molecule has 134 valence electrons. The number of ether oxygens (including phenoxy) is 2. The van der Waals surface area contributed by atoms with E-state index in [1.807, 2.05) is 0 Å². The van der Waals surface area contributed by atoms with Crippen LogP contribution < -0.4 is 5.32 Å². The van der Waals surface area contributed by atoms with E-state index in [9.17, 15) is 14.4 Å². The van der Waals surface area contributed by atoms with Crippen LogP contribution in [-0.4, -0.2) is 66.7 Å². The number of hydrogen-bond donors (Lipinski definition) is 1. The van der Waals surface area contributed by atoms with Gasteiger partial charge < -0.3 is 19.7 Å². The lowest BCUT2D eigenvalue weighted by molar-refractivity contribution is -0.143. The Morgan fingerprint density at radius 1 is 1.22 bits per heavy atom. The van der Waals surface area contributed by atoms with E-state index in [-0.39, 0.29) is 18.3 Å². The maximum atomic E-state index is 11.8. The van der Waals surface area contributed by atoms with E-state index in [0.29, 0.717) is 31.2 Å². The standard InChI is InChI=1S/C15H28N2O5S/c1-6-21-13(19)7-9-17(5)12(18)11-23-10-8-16-14(20)22-15(2,3)4/h6-11H2,1-5H3,(H,16,20). The van der Waals surface area contributed by atoms with Gasteiger partial charge in [0.25, 0.3) is 0 Å². The van der Waals surface area contributed by atoms with Gasteiger partial charge in [0.15, 0.2) is 0 Å². The highest BCUT2D eigenvalue weighted by atomic mass is 32.2. The summed E-state index contributed by atoms with van der Waals surface area (Å²) in [6.07, 6.45) is -0.267. The van der Waals surface area contributed by atoms with Crippen LogP contribution in [0.1, 0.15) is 34.1 Å². The van der Waals surface area contributed by atoms with E-state index >= 15 is 0 Å². The molecule has 0 unspecified atom stereocenters. The van der Waals surface area contributed by atoms with Crippen LogP contribution in [0.3, 0.4) is 0 Å². The largest absolute Gasteiger partial charge is 0.466 e. The lowest BCUT2D eigenvalue weighted by Crippen LogP contribution is -2.34. The highest BCUT2D eigenvalue weighted by Gasteiger charge is 2.15. The number of carbonyl (C=O) groups excluding carboxylic acids is 3. The van der Waals surface area contributed by atoms with Crippen molar-refractivity contribution in [2.24, 2.45) is 0 Å². The number of amides is 2. The van der Waals surface area contributed by atoms with Crippen molar-refractivity contribution in [3.8, 4) is 0 Å². The number of alkyl carbamates (subject to hydrolysis) is 1. The van der Waals surface area contributed by atoms with Gasteiger partial charge in [-0.2, -0.15) is 11.8 Å². The van der Waals surface area contributed by atoms with Crippen LogP contribution in [0.5, 0.6) is 0 Å². The Kier molecular flexibility index (Phi) is 10.5. The number of rotatable bonds is 9. The van der Waals surface area contributed by atoms with Crippen LogP contribution in [-0.2, 0) is 19.1 Å². The second-order valence-electron chi connectivity index (χ2n) is 5.85. The van der Waals surface area contributed by atoms with Crippen molar-refractivity contribution in [2.45, 2.75) is 39.7 Å². The average Bonchev–Trinajstić information content (AvgIpc) is 2.42. The number of nitrogens with zero attached hydrogens (tertiary/aromatic N) is 1. The third kappa shape index (κ3) is 12.8. The normalized spacial score (nSPS) is 10.8. The number of thioether (sulfide) groups is 1. The Morgan fingerprint density at radius 2 is 1.87 bits per heavy atom. The summed E-state index contributed by atoms with van der Waals surface area (Å²) < 4.78 is 9.91. The summed E-state index contributed by atoms with van der Waals surface area (Å²) in [5.74, 6) is 0.546. The molecular weight excluding hydrogens is 320 g/mol. The lowest BCUT2D eigenvalue weighted by atomic mass is 10.2. The third-order valence-electron chi connectivity index (χ3n) is 2.52. The van der Waals surface area contributed by atoms with Gasteiger partial charge in [-0.15, -0.1) is 0 Å². The Bertz CT molecular complexity index is 396. The predicted molar refractivity (Wildman–Crippen MR) is 90.4 cm³/mol. The molecule has 7 nitrogen and oxygen atoms in total. The maximum Gasteiger partial charge on any atom is 0.407 e. The van der Waals surface area contributed by atoms with Gasteiger partial charge >= 0.3 is 12.1 Å². The van der Waals surface area contributed by atoms with Gasteiger partial charge in [0, 0.05) is 25.9 Å². The van der Waals surface area contributed by atoms with Gasteiger partial charge in [-0.3, -0.25) is 9.59 Å². The first-order valence-corrected chi connectivity index (χ1v) is 8.75. The molecule has 0 spiro atoms. The molecule has 1 N–H and O–H groups in total. The van der Waals surface area contributed by atoms with Gasteiger partial charge in [-0.1, -0.05) is 0 Å². The highest BCUT2D eigenvalue weighted by molar-refractivity contribution is 7.99. The lowest BCUT2D eigenvalue weighted by Gasteiger charge is -2.19. The Balaban J connectivity index is 3.73. The summed E-state index contributed by atoms with van der Waals surface area (Å²) in [5.41, 5.74) is -0.519. The van der Waals surface area contributed by atoms with Gasteiger partial charge in [-0.25, -0.2) is 4.79 Å². The van der Waals surface area contributed by atoms with Crippen LogP contribution in [0.15, 0.2) is 0 Å². The second kappa shape index (κ2) is 11.2. The molecule has 8 heteroatoms. The van der Waals surface area contributed by atoms with Crippen molar-refractivity contribution in [2.75, 3.05) is 38.2 Å². The van der Waals surface area contributed by atoms with Gasteiger partial charge in [0.05, 0.1) is 18.8 Å². The molecule has 0 aromatic rings. The van der Waals surface area contributed by atoms with Crippen LogP contribution in [0.2, 0.25) is 0 Å². The summed E-state index contributed by atoms with van der Waals surface area (Å²) in [6.45, 7) is 8.25. The Labute approximate surface area is 142 Å². The molecule has 0 aromatic heterocycles. The molecule has 0 bridgehead atoms. The van der Waals surface area contributed by atoms with Crippen molar-refractivity contribution < 1.29 is 23.9 Å². The van der Waals surface area contributed by atoms with Crippen LogP contribution in [0, 0.1) is 0 Å².